The van der Waals surface area contributed by atoms with E-state index in [4.69, 9.17) is 9.47 Å². The first-order valence-electron chi connectivity index (χ1n) is 8.97. The van der Waals surface area contributed by atoms with Gasteiger partial charge in [-0.1, -0.05) is 22.9 Å². The number of carbonyl (C=O) groups is 1. The summed E-state index contributed by atoms with van der Waals surface area (Å²) in [5.41, 5.74) is 1.18. The van der Waals surface area contributed by atoms with E-state index in [9.17, 15) is 4.79 Å². The number of benzene rings is 1. The minimum atomic E-state index is -0.123. The van der Waals surface area contributed by atoms with Crippen molar-refractivity contribution in [3.05, 3.63) is 28.2 Å². The van der Waals surface area contributed by atoms with Crippen molar-refractivity contribution in [1.29, 1.82) is 0 Å². The summed E-state index contributed by atoms with van der Waals surface area (Å²) in [7, 11) is 0. The van der Waals surface area contributed by atoms with Crippen LogP contribution in [-0.4, -0.2) is 68.3 Å². The molecule has 0 aromatic heterocycles. The molecular formula is C19H29BrN2O3. The highest BCUT2D eigenvalue weighted by molar-refractivity contribution is 9.10. The molecule has 0 spiro atoms. The summed E-state index contributed by atoms with van der Waals surface area (Å²) in [5, 5.41) is 0. The zero-order valence-electron chi connectivity index (χ0n) is 15.5. The van der Waals surface area contributed by atoms with Crippen LogP contribution < -0.4 is 4.74 Å². The highest BCUT2D eigenvalue weighted by atomic mass is 79.9. The third-order valence-corrected chi connectivity index (χ3v) is 5.25. The Labute approximate surface area is 159 Å². The van der Waals surface area contributed by atoms with Crippen LogP contribution in [0.1, 0.15) is 19.4 Å². The Kier molecular flexibility index (Phi) is 8.19. The first-order valence-corrected chi connectivity index (χ1v) is 9.76. The summed E-state index contributed by atoms with van der Waals surface area (Å²) >= 11 is 3.51. The number of piperazine rings is 1. The summed E-state index contributed by atoms with van der Waals surface area (Å²) in [6.45, 7) is 12.5. The number of hydrogen-bond acceptors (Lipinski definition) is 5. The second-order valence-corrected chi connectivity index (χ2v) is 7.56. The Morgan fingerprint density at radius 1 is 1.24 bits per heavy atom. The molecular weight excluding hydrogens is 384 g/mol. The fourth-order valence-electron chi connectivity index (χ4n) is 2.96. The quantitative estimate of drug-likeness (QED) is 0.613. The van der Waals surface area contributed by atoms with Gasteiger partial charge in [-0.15, -0.1) is 0 Å². The number of aryl methyl sites for hydroxylation is 1. The first-order chi connectivity index (χ1) is 12.0. The molecule has 0 aliphatic carbocycles. The smallest absolute Gasteiger partial charge is 0.320 e. The molecule has 1 aliphatic heterocycles. The van der Waals surface area contributed by atoms with Crippen LogP contribution in [0.4, 0.5) is 0 Å². The number of halogens is 1. The van der Waals surface area contributed by atoms with Gasteiger partial charge >= 0.3 is 5.97 Å². The number of rotatable bonds is 8. The molecule has 0 radical (unpaired) electrons. The van der Waals surface area contributed by atoms with Crippen molar-refractivity contribution < 1.29 is 14.3 Å². The first kappa shape index (κ1) is 20.2. The van der Waals surface area contributed by atoms with Gasteiger partial charge < -0.3 is 14.4 Å². The largest absolute Gasteiger partial charge is 0.493 e. The molecule has 1 aromatic carbocycles. The van der Waals surface area contributed by atoms with Gasteiger partial charge in [0.25, 0.3) is 0 Å². The third-order valence-electron chi connectivity index (χ3n) is 4.36. The van der Waals surface area contributed by atoms with Gasteiger partial charge in [-0.2, -0.15) is 0 Å². The average Bonchev–Trinajstić information content (AvgIpc) is 2.58. The highest BCUT2D eigenvalue weighted by Gasteiger charge is 2.20. The molecule has 0 N–H and O–H groups in total. The molecule has 25 heavy (non-hydrogen) atoms. The lowest BCUT2D eigenvalue weighted by Gasteiger charge is -2.35. The lowest BCUT2D eigenvalue weighted by atomic mass is 10.1. The molecule has 6 heteroatoms. The van der Waals surface area contributed by atoms with Crippen LogP contribution in [-0.2, 0) is 9.53 Å². The molecule has 0 unspecified atom stereocenters. The third kappa shape index (κ3) is 6.96. The minimum absolute atomic E-state index is 0.123. The van der Waals surface area contributed by atoms with Crippen molar-refractivity contribution in [3.8, 4) is 5.75 Å². The van der Waals surface area contributed by atoms with Crippen molar-refractivity contribution in [3.63, 3.8) is 0 Å². The molecule has 1 atom stereocenters. The van der Waals surface area contributed by atoms with E-state index in [-0.39, 0.29) is 5.97 Å². The molecule has 0 saturated carbocycles. The molecule has 2 rings (SSSR count). The van der Waals surface area contributed by atoms with Gasteiger partial charge in [-0.05, 0) is 37.6 Å². The van der Waals surface area contributed by atoms with Crippen molar-refractivity contribution in [2.75, 3.05) is 52.5 Å². The maximum absolute atomic E-state index is 11.5. The van der Waals surface area contributed by atoms with Gasteiger partial charge in [0.1, 0.15) is 5.75 Å². The van der Waals surface area contributed by atoms with Gasteiger partial charge in [0.05, 0.1) is 19.8 Å². The lowest BCUT2D eigenvalue weighted by Crippen LogP contribution is -2.49. The van der Waals surface area contributed by atoms with Crippen LogP contribution in [0.5, 0.6) is 5.75 Å². The molecule has 0 bridgehead atoms. The van der Waals surface area contributed by atoms with Crippen LogP contribution in [0.2, 0.25) is 0 Å². The number of nitrogens with zero attached hydrogens (tertiary/aromatic N) is 2. The van der Waals surface area contributed by atoms with E-state index in [2.05, 4.69) is 45.6 Å². The summed E-state index contributed by atoms with van der Waals surface area (Å²) in [6.07, 6.45) is 0. The van der Waals surface area contributed by atoms with Crippen LogP contribution in [0, 0.1) is 12.8 Å². The van der Waals surface area contributed by atoms with Gasteiger partial charge in [0.2, 0.25) is 0 Å². The number of esters is 1. The molecule has 1 aromatic rings. The average molecular weight is 413 g/mol. The van der Waals surface area contributed by atoms with Gasteiger partial charge in [-0.3, -0.25) is 9.69 Å². The molecule has 1 heterocycles. The Hall–Kier alpha value is -1.11. The fraction of sp³-hybridized carbons (Fsp3) is 0.632. The van der Waals surface area contributed by atoms with Crippen LogP contribution in [0.25, 0.3) is 0 Å². The monoisotopic (exact) mass is 412 g/mol. The molecule has 1 aliphatic rings. The fourth-order valence-corrected chi connectivity index (χ4v) is 3.20. The zero-order valence-corrected chi connectivity index (χ0v) is 17.0. The van der Waals surface area contributed by atoms with Crippen LogP contribution >= 0.6 is 15.9 Å². The Bertz CT molecular complexity index is 560. The second-order valence-electron chi connectivity index (χ2n) is 6.71. The number of hydrogen-bond donors (Lipinski definition) is 0. The summed E-state index contributed by atoms with van der Waals surface area (Å²) in [4.78, 5) is 16.2. The van der Waals surface area contributed by atoms with Crippen LogP contribution in [0.15, 0.2) is 22.7 Å². The maximum atomic E-state index is 11.5. The van der Waals surface area contributed by atoms with E-state index >= 15 is 0 Å². The molecule has 140 valence electrons. The van der Waals surface area contributed by atoms with E-state index in [1.165, 1.54) is 5.56 Å². The van der Waals surface area contributed by atoms with E-state index in [0.717, 1.165) is 42.9 Å². The van der Waals surface area contributed by atoms with Gasteiger partial charge in [0, 0.05) is 43.1 Å². The zero-order chi connectivity index (χ0) is 18.2. The molecule has 1 fully saturated rings. The predicted octanol–water partition coefficient (Wildman–Crippen LogP) is 2.95. The van der Waals surface area contributed by atoms with Crippen molar-refractivity contribution in [2.45, 2.75) is 20.8 Å². The second kappa shape index (κ2) is 10.1. The Balaban J connectivity index is 1.67. The highest BCUT2D eigenvalue weighted by Crippen LogP contribution is 2.22. The Morgan fingerprint density at radius 2 is 1.92 bits per heavy atom. The van der Waals surface area contributed by atoms with E-state index in [1.807, 2.05) is 19.1 Å². The summed E-state index contributed by atoms with van der Waals surface area (Å²) in [6, 6.07) is 6.08. The topological polar surface area (TPSA) is 42.0 Å². The maximum Gasteiger partial charge on any atom is 0.320 e. The summed E-state index contributed by atoms with van der Waals surface area (Å²) in [5.74, 6) is 1.26. The van der Waals surface area contributed by atoms with Crippen molar-refractivity contribution in [2.24, 2.45) is 5.92 Å². The number of carbonyl (C=O) groups excluding carboxylic acids is 1. The standard InChI is InChI=1S/C19H29BrN2O3/c1-4-24-19(23)13-22-9-7-21(8-10-22)12-15(2)14-25-17-5-6-18(20)16(3)11-17/h5-6,11,15H,4,7-10,12-14H2,1-3H3/t15-/m1/s1. The molecule has 0 amide bonds. The van der Waals surface area contributed by atoms with Crippen molar-refractivity contribution in [1.82, 2.24) is 9.80 Å². The van der Waals surface area contributed by atoms with Gasteiger partial charge in [0.15, 0.2) is 0 Å². The molecule has 5 nitrogen and oxygen atoms in total. The lowest BCUT2D eigenvalue weighted by molar-refractivity contribution is -0.144. The number of ether oxygens (including phenoxy) is 2. The predicted molar refractivity (Wildman–Crippen MR) is 103 cm³/mol. The van der Waals surface area contributed by atoms with Crippen LogP contribution in [0.3, 0.4) is 0 Å². The minimum Gasteiger partial charge on any atom is -0.493 e. The Morgan fingerprint density at radius 3 is 2.56 bits per heavy atom. The summed E-state index contributed by atoms with van der Waals surface area (Å²) < 4.78 is 12.0. The SMILES string of the molecule is CCOC(=O)CN1CCN(C[C@@H](C)COc2ccc(Br)c(C)c2)CC1. The van der Waals surface area contributed by atoms with Crippen molar-refractivity contribution >= 4 is 21.9 Å². The van der Waals surface area contributed by atoms with E-state index < -0.39 is 0 Å². The van der Waals surface area contributed by atoms with E-state index in [1.54, 1.807) is 0 Å². The molecule has 1 saturated heterocycles. The normalized spacial score (nSPS) is 17.3. The van der Waals surface area contributed by atoms with E-state index in [0.29, 0.717) is 25.7 Å². The van der Waals surface area contributed by atoms with Gasteiger partial charge in [-0.25, -0.2) is 0 Å².